The molecule has 0 heterocycles. The van der Waals surface area contributed by atoms with Gasteiger partial charge in [0.15, 0.2) is 0 Å². The van der Waals surface area contributed by atoms with Gasteiger partial charge >= 0.3 is 6.03 Å². The number of terminal acetylenes is 1. The summed E-state index contributed by atoms with van der Waals surface area (Å²) in [6, 6.07) is -0.547. The highest BCUT2D eigenvalue weighted by Crippen LogP contribution is 1.96. The van der Waals surface area contributed by atoms with Crippen molar-refractivity contribution in [3.63, 3.8) is 0 Å². The summed E-state index contributed by atoms with van der Waals surface area (Å²) in [4.78, 5) is 10.9. The molecule has 1 unspecified atom stereocenters. The quantitative estimate of drug-likeness (QED) is 0.704. The molecule has 0 fully saturated rings. The second-order valence-electron chi connectivity index (χ2n) is 2.23. The summed E-state index contributed by atoms with van der Waals surface area (Å²) in [6.07, 6.45) is 5.06. The van der Waals surface area contributed by atoms with Crippen LogP contribution >= 0.6 is 15.9 Å². The van der Waals surface area contributed by atoms with Gasteiger partial charge in [-0.15, -0.1) is 6.42 Å². The van der Waals surface area contributed by atoms with Crippen LogP contribution in [0.5, 0.6) is 0 Å². The van der Waals surface area contributed by atoms with Crippen LogP contribution in [0.25, 0.3) is 0 Å². The molecule has 0 saturated heterocycles. The van der Waals surface area contributed by atoms with Crippen molar-refractivity contribution >= 4 is 22.0 Å². The van der Waals surface area contributed by atoms with Gasteiger partial charge in [0.1, 0.15) is 0 Å². The third-order valence-corrected chi connectivity index (χ3v) is 1.32. The zero-order valence-electron chi connectivity index (χ0n) is 6.86. The Hall–Kier alpha value is -0.950. The predicted octanol–water partition coefficient (Wildman–Crippen LogP) is 1.22. The van der Waals surface area contributed by atoms with E-state index in [1.807, 2.05) is 0 Å². The van der Waals surface area contributed by atoms with E-state index in [4.69, 9.17) is 6.42 Å². The number of carbonyl (C=O) groups is 1. The fourth-order valence-corrected chi connectivity index (χ4v) is 0.606. The Kier molecular flexibility index (Phi) is 5.22. The van der Waals surface area contributed by atoms with Crippen LogP contribution < -0.4 is 10.6 Å². The Morgan fingerprint density at radius 1 is 1.83 bits per heavy atom. The SMILES string of the molecule is C#CC(C)NC(=O)NCC(=C)Br. The van der Waals surface area contributed by atoms with Gasteiger partial charge in [0.2, 0.25) is 0 Å². The van der Waals surface area contributed by atoms with Crippen molar-refractivity contribution in [1.82, 2.24) is 10.6 Å². The minimum absolute atomic E-state index is 0.256. The van der Waals surface area contributed by atoms with Gasteiger partial charge in [0, 0.05) is 4.48 Å². The Bertz CT molecular complexity index is 220. The van der Waals surface area contributed by atoms with E-state index >= 15 is 0 Å². The first-order chi connectivity index (χ1) is 5.56. The van der Waals surface area contributed by atoms with E-state index in [1.54, 1.807) is 6.92 Å². The highest BCUT2D eigenvalue weighted by atomic mass is 79.9. The number of urea groups is 1. The van der Waals surface area contributed by atoms with Gasteiger partial charge in [0.05, 0.1) is 12.6 Å². The molecule has 0 saturated carbocycles. The largest absolute Gasteiger partial charge is 0.334 e. The van der Waals surface area contributed by atoms with E-state index in [9.17, 15) is 4.79 Å². The summed E-state index contributed by atoms with van der Waals surface area (Å²) in [5.74, 6) is 2.38. The van der Waals surface area contributed by atoms with Crippen molar-refractivity contribution < 1.29 is 4.79 Å². The molecular formula is C8H11BrN2O. The third-order valence-electron chi connectivity index (χ3n) is 1.04. The second kappa shape index (κ2) is 5.67. The van der Waals surface area contributed by atoms with Gasteiger partial charge < -0.3 is 10.6 Å². The van der Waals surface area contributed by atoms with Crippen molar-refractivity contribution in [3.05, 3.63) is 11.1 Å². The number of hydrogen-bond donors (Lipinski definition) is 2. The van der Waals surface area contributed by atoms with E-state index in [0.717, 1.165) is 0 Å². The highest BCUT2D eigenvalue weighted by Gasteiger charge is 2.02. The third kappa shape index (κ3) is 5.81. The molecule has 3 nitrogen and oxygen atoms in total. The zero-order chi connectivity index (χ0) is 9.56. The van der Waals surface area contributed by atoms with Crippen molar-refractivity contribution in [2.45, 2.75) is 13.0 Å². The predicted molar refractivity (Wildman–Crippen MR) is 52.9 cm³/mol. The maximum atomic E-state index is 10.9. The molecule has 0 spiro atoms. The van der Waals surface area contributed by atoms with Crippen molar-refractivity contribution in [1.29, 1.82) is 0 Å². The summed E-state index contributed by atoms with van der Waals surface area (Å²) in [6.45, 7) is 5.68. The molecule has 0 rings (SSSR count). The normalized spacial score (nSPS) is 11.1. The van der Waals surface area contributed by atoms with Crippen molar-refractivity contribution in [2.75, 3.05) is 6.54 Å². The topological polar surface area (TPSA) is 41.1 Å². The van der Waals surface area contributed by atoms with Gasteiger partial charge in [-0.3, -0.25) is 0 Å². The summed E-state index contributed by atoms with van der Waals surface area (Å²) in [5.41, 5.74) is 0. The molecule has 0 aromatic carbocycles. The summed E-state index contributed by atoms with van der Waals surface area (Å²) in [7, 11) is 0. The first-order valence-electron chi connectivity index (χ1n) is 3.40. The Morgan fingerprint density at radius 3 is 2.83 bits per heavy atom. The number of hydrogen-bond acceptors (Lipinski definition) is 1. The Labute approximate surface area is 80.7 Å². The van der Waals surface area contributed by atoms with Crippen molar-refractivity contribution in [3.8, 4) is 12.3 Å². The lowest BCUT2D eigenvalue weighted by atomic mass is 10.4. The van der Waals surface area contributed by atoms with Crippen LogP contribution in [0.15, 0.2) is 11.1 Å². The minimum Gasteiger partial charge on any atom is -0.334 e. The van der Waals surface area contributed by atoms with E-state index < -0.39 is 0 Å². The lowest BCUT2D eigenvalue weighted by molar-refractivity contribution is 0.241. The monoisotopic (exact) mass is 230 g/mol. The standard InChI is InChI=1S/C8H11BrN2O/c1-4-7(3)11-8(12)10-5-6(2)9/h1,7H,2,5H2,3H3,(H2,10,11,12). The smallest absolute Gasteiger partial charge is 0.316 e. The minimum atomic E-state index is -0.291. The van der Waals surface area contributed by atoms with E-state index in [1.165, 1.54) is 0 Å². The van der Waals surface area contributed by atoms with Crippen LogP contribution in [0.1, 0.15) is 6.92 Å². The number of carbonyl (C=O) groups excluding carboxylic acids is 1. The van der Waals surface area contributed by atoms with Crippen LogP contribution in [0.3, 0.4) is 0 Å². The highest BCUT2D eigenvalue weighted by molar-refractivity contribution is 9.11. The molecule has 2 N–H and O–H groups in total. The van der Waals surface area contributed by atoms with Gasteiger partial charge in [-0.1, -0.05) is 28.4 Å². The molecular weight excluding hydrogens is 220 g/mol. The van der Waals surface area contributed by atoms with Crippen LogP contribution in [0, 0.1) is 12.3 Å². The summed E-state index contributed by atoms with van der Waals surface area (Å²) in [5, 5.41) is 5.09. The van der Waals surface area contributed by atoms with E-state index in [-0.39, 0.29) is 12.1 Å². The number of halogens is 1. The average Bonchev–Trinajstić information content (AvgIpc) is 2.00. The first kappa shape index (κ1) is 11.1. The zero-order valence-corrected chi connectivity index (χ0v) is 8.44. The van der Waals surface area contributed by atoms with Gasteiger partial charge in [0.25, 0.3) is 0 Å². The second-order valence-corrected chi connectivity index (χ2v) is 3.35. The van der Waals surface area contributed by atoms with Gasteiger partial charge in [-0.25, -0.2) is 4.79 Å². The molecule has 0 aliphatic carbocycles. The number of rotatable bonds is 3. The average molecular weight is 231 g/mol. The molecule has 2 amide bonds. The fourth-order valence-electron chi connectivity index (χ4n) is 0.466. The molecule has 0 radical (unpaired) electrons. The molecule has 1 atom stereocenters. The Morgan fingerprint density at radius 2 is 2.42 bits per heavy atom. The van der Waals surface area contributed by atoms with Gasteiger partial charge in [-0.05, 0) is 6.92 Å². The van der Waals surface area contributed by atoms with Crippen LogP contribution in [-0.4, -0.2) is 18.6 Å². The molecule has 12 heavy (non-hydrogen) atoms. The maximum absolute atomic E-state index is 10.9. The maximum Gasteiger partial charge on any atom is 0.316 e. The molecule has 0 bridgehead atoms. The van der Waals surface area contributed by atoms with Crippen LogP contribution in [0.2, 0.25) is 0 Å². The lowest BCUT2D eigenvalue weighted by Gasteiger charge is -2.08. The van der Waals surface area contributed by atoms with E-state index in [0.29, 0.717) is 11.0 Å². The number of nitrogens with one attached hydrogen (secondary N) is 2. The molecule has 0 aromatic rings. The number of amides is 2. The Balaban J connectivity index is 3.62. The van der Waals surface area contributed by atoms with Gasteiger partial charge in [-0.2, -0.15) is 0 Å². The fraction of sp³-hybridized carbons (Fsp3) is 0.375. The van der Waals surface area contributed by atoms with Crippen molar-refractivity contribution in [2.24, 2.45) is 0 Å². The first-order valence-corrected chi connectivity index (χ1v) is 4.19. The summed E-state index contributed by atoms with van der Waals surface area (Å²) < 4.78 is 0.714. The van der Waals surface area contributed by atoms with Crippen LogP contribution in [0.4, 0.5) is 4.79 Å². The summed E-state index contributed by atoms with van der Waals surface area (Å²) >= 11 is 3.11. The molecule has 0 aliphatic heterocycles. The van der Waals surface area contributed by atoms with Crippen LogP contribution in [-0.2, 0) is 0 Å². The molecule has 0 aromatic heterocycles. The molecule has 66 valence electrons. The lowest BCUT2D eigenvalue weighted by Crippen LogP contribution is -2.40. The molecule has 0 aliphatic rings. The van der Waals surface area contributed by atoms with E-state index in [2.05, 4.69) is 39.1 Å². The molecule has 4 heteroatoms.